The Morgan fingerprint density at radius 3 is 2.32 bits per heavy atom. The Bertz CT molecular complexity index is 705. The third-order valence-electron chi connectivity index (χ3n) is 3.49. The Hall–Kier alpha value is -2.83. The second-order valence-electron chi connectivity index (χ2n) is 5.10. The van der Waals surface area contributed by atoms with E-state index in [9.17, 15) is 13.6 Å². The Kier molecular flexibility index (Phi) is 6.56. The maximum atomic E-state index is 12.1. The summed E-state index contributed by atoms with van der Waals surface area (Å²) in [6, 6.07) is 11.1. The molecule has 0 spiro atoms. The predicted molar refractivity (Wildman–Crippen MR) is 88.7 cm³/mol. The number of halogens is 2. The first kappa shape index (κ1) is 18.5. The van der Waals surface area contributed by atoms with E-state index in [1.807, 2.05) is 12.1 Å². The smallest absolute Gasteiger partial charge is 0.387 e. The van der Waals surface area contributed by atoms with Crippen molar-refractivity contribution in [2.24, 2.45) is 0 Å². The van der Waals surface area contributed by atoms with Crippen LogP contribution in [0.2, 0.25) is 0 Å². The molecule has 1 amide bonds. The van der Waals surface area contributed by atoms with Gasteiger partial charge in [-0.05, 0) is 48.4 Å². The molecule has 0 bridgehead atoms. The molecule has 0 aromatic heterocycles. The molecular formula is C18H19F2NO4. The van der Waals surface area contributed by atoms with Crippen LogP contribution in [-0.4, -0.2) is 33.3 Å². The molecular weight excluding hydrogens is 332 g/mol. The van der Waals surface area contributed by atoms with Gasteiger partial charge < -0.3 is 19.5 Å². The second-order valence-corrected chi connectivity index (χ2v) is 5.10. The number of amides is 1. The van der Waals surface area contributed by atoms with Crippen LogP contribution in [0.4, 0.5) is 8.78 Å². The normalized spacial score (nSPS) is 10.4. The molecule has 5 nitrogen and oxygen atoms in total. The van der Waals surface area contributed by atoms with Crippen LogP contribution in [0.3, 0.4) is 0 Å². The van der Waals surface area contributed by atoms with Crippen LogP contribution in [0.1, 0.15) is 15.9 Å². The molecule has 0 heterocycles. The van der Waals surface area contributed by atoms with Gasteiger partial charge in [0.05, 0.1) is 14.2 Å². The van der Waals surface area contributed by atoms with Crippen LogP contribution >= 0.6 is 0 Å². The Labute approximate surface area is 144 Å². The monoisotopic (exact) mass is 351 g/mol. The molecule has 0 fully saturated rings. The molecule has 2 aromatic carbocycles. The number of hydrogen-bond donors (Lipinski definition) is 1. The SMILES string of the molecule is COc1ccc(CCNC(=O)c2ccc(OC(F)F)cc2)cc1OC. The van der Waals surface area contributed by atoms with Crippen molar-refractivity contribution in [1.29, 1.82) is 0 Å². The van der Waals surface area contributed by atoms with E-state index >= 15 is 0 Å². The molecule has 1 N–H and O–H groups in total. The van der Waals surface area contributed by atoms with Gasteiger partial charge in [0.2, 0.25) is 0 Å². The fourth-order valence-corrected chi connectivity index (χ4v) is 2.25. The van der Waals surface area contributed by atoms with Crippen molar-refractivity contribution in [2.45, 2.75) is 13.0 Å². The first-order valence-corrected chi connectivity index (χ1v) is 7.57. The maximum Gasteiger partial charge on any atom is 0.387 e. The van der Waals surface area contributed by atoms with E-state index in [2.05, 4.69) is 10.1 Å². The van der Waals surface area contributed by atoms with Crippen molar-refractivity contribution in [3.05, 3.63) is 53.6 Å². The zero-order valence-electron chi connectivity index (χ0n) is 13.9. The van der Waals surface area contributed by atoms with Crippen LogP contribution in [0.25, 0.3) is 0 Å². The van der Waals surface area contributed by atoms with Crippen molar-refractivity contribution >= 4 is 5.91 Å². The lowest BCUT2D eigenvalue weighted by molar-refractivity contribution is -0.0498. The number of nitrogens with one attached hydrogen (secondary N) is 1. The van der Waals surface area contributed by atoms with Gasteiger partial charge in [0.25, 0.3) is 5.91 Å². The molecule has 2 aromatic rings. The van der Waals surface area contributed by atoms with Crippen LogP contribution < -0.4 is 19.5 Å². The predicted octanol–water partition coefficient (Wildman–Crippen LogP) is 3.28. The number of hydrogen-bond acceptors (Lipinski definition) is 4. The molecule has 0 atom stereocenters. The Morgan fingerprint density at radius 2 is 1.72 bits per heavy atom. The van der Waals surface area contributed by atoms with Gasteiger partial charge in [0.1, 0.15) is 5.75 Å². The lowest BCUT2D eigenvalue weighted by Crippen LogP contribution is -2.25. The number of ether oxygens (including phenoxy) is 3. The minimum Gasteiger partial charge on any atom is -0.493 e. The van der Waals surface area contributed by atoms with Crippen molar-refractivity contribution in [1.82, 2.24) is 5.32 Å². The van der Waals surface area contributed by atoms with E-state index in [4.69, 9.17) is 9.47 Å². The van der Waals surface area contributed by atoms with E-state index in [0.29, 0.717) is 30.0 Å². The number of benzene rings is 2. The molecule has 0 saturated heterocycles. The number of carbonyl (C=O) groups is 1. The summed E-state index contributed by atoms with van der Waals surface area (Å²) in [6.07, 6.45) is 0.610. The largest absolute Gasteiger partial charge is 0.493 e. The highest BCUT2D eigenvalue weighted by Gasteiger charge is 2.09. The third-order valence-corrected chi connectivity index (χ3v) is 3.49. The minimum atomic E-state index is -2.89. The minimum absolute atomic E-state index is 0.0110. The first-order chi connectivity index (χ1) is 12.0. The van der Waals surface area contributed by atoms with Crippen molar-refractivity contribution in [3.8, 4) is 17.2 Å². The molecule has 25 heavy (non-hydrogen) atoms. The van der Waals surface area contributed by atoms with Crippen LogP contribution in [0.5, 0.6) is 17.2 Å². The van der Waals surface area contributed by atoms with Gasteiger partial charge >= 0.3 is 6.61 Å². The van der Waals surface area contributed by atoms with Gasteiger partial charge in [-0.1, -0.05) is 6.07 Å². The van der Waals surface area contributed by atoms with Gasteiger partial charge in [-0.15, -0.1) is 0 Å². The van der Waals surface area contributed by atoms with E-state index in [0.717, 1.165) is 5.56 Å². The molecule has 134 valence electrons. The second kappa shape index (κ2) is 8.86. The van der Waals surface area contributed by atoms with Crippen LogP contribution in [-0.2, 0) is 6.42 Å². The summed E-state index contributed by atoms with van der Waals surface area (Å²) in [5.74, 6) is 0.989. The van der Waals surface area contributed by atoms with Gasteiger partial charge in [-0.3, -0.25) is 4.79 Å². The fraction of sp³-hybridized carbons (Fsp3) is 0.278. The topological polar surface area (TPSA) is 56.8 Å². The lowest BCUT2D eigenvalue weighted by Gasteiger charge is -2.10. The molecule has 0 saturated carbocycles. The number of alkyl halides is 2. The standard InChI is InChI=1S/C18H19F2NO4/c1-23-15-8-3-12(11-16(15)24-2)9-10-21-17(22)13-4-6-14(7-5-13)25-18(19)20/h3-8,11,18H,9-10H2,1-2H3,(H,21,22). The Balaban J connectivity index is 1.88. The molecule has 7 heteroatoms. The highest BCUT2D eigenvalue weighted by molar-refractivity contribution is 5.94. The maximum absolute atomic E-state index is 12.1. The van der Waals surface area contributed by atoms with Crippen LogP contribution in [0, 0.1) is 0 Å². The zero-order chi connectivity index (χ0) is 18.2. The zero-order valence-corrected chi connectivity index (χ0v) is 13.9. The fourth-order valence-electron chi connectivity index (χ4n) is 2.25. The van der Waals surface area contributed by atoms with E-state index in [-0.39, 0.29) is 11.7 Å². The lowest BCUT2D eigenvalue weighted by atomic mass is 10.1. The van der Waals surface area contributed by atoms with Crippen molar-refractivity contribution < 1.29 is 27.8 Å². The highest BCUT2D eigenvalue weighted by Crippen LogP contribution is 2.27. The van der Waals surface area contributed by atoms with Gasteiger partial charge in [0.15, 0.2) is 11.5 Å². The van der Waals surface area contributed by atoms with E-state index in [1.54, 1.807) is 20.3 Å². The summed E-state index contributed by atoms with van der Waals surface area (Å²) < 4.78 is 38.8. The summed E-state index contributed by atoms with van der Waals surface area (Å²) in [5, 5.41) is 2.77. The highest BCUT2D eigenvalue weighted by atomic mass is 19.3. The number of rotatable bonds is 8. The molecule has 0 aliphatic carbocycles. The van der Waals surface area contributed by atoms with Gasteiger partial charge in [0, 0.05) is 12.1 Å². The summed E-state index contributed by atoms with van der Waals surface area (Å²) >= 11 is 0. The summed E-state index contributed by atoms with van der Waals surface area (Å²) in [4.78, 5) is 12.0. The summed E-state index contributed by atoms with van der Waals surface area (Å²) in [6.45, 7) is -2.47. The molecule has 0 aliphatic heterocycles. The van der Waals surface area contributed by atoms with Crippen LogP contribution in [0.15, 0.2) is 42.5 Å². The first-order valence-electron chi connectivity index (χ1n) is 7.57. The molecule has 0 radical (unpaired) electrons. The number of carbonyl (C=O) groups excluding carboxylic acids is 1. The average Bonchev–Trinajstić information content (AvgIpc) is 2.61. The average molecular weight is 351 g/mol. The molecule has 2 rings (SSSR count). The summed E-state index contributed by atoms with van der Waals surface area (Å²) in [7, 11) is 3.13. The van der Waals surface area contributed by atoms with Gasteiger partial charge in [-0.2, -0.15) is 8.78 Å². The van der Waals surface area contributed by atoms with E-state index in [1.165, 1.54) is 24.3 Å². The quantitative estimate of drug-likeness (QED) is 0.793. The van der Waals surface area contributed by atoms with E-state index < -0.39 is 6.61 Å². The van der Waals surface area contributed by atoms with Crippen molar-refractivity contribution in [3.63, 3.8) is 0 Å². The third kappa shape index (κ3) is 5.34. The van der Waals surface area contributed by atoms with Gasteiger partial charge in [-0.25, -0.2) is 0 Å². The summed E-state index contributed by atoms with van der Waals surface area (Å²) in [5.41, 5.74) is 1.35. The number of methoxy groups -OCH3 is 2. The van der Waals surface area contributed by atoms with Crippen molar-refractivity contribution in [2.75, 3.05) is 20.8 Å². The Morgan fingerprint density at radius 1 is 1.04 bits per heavy atom. The molecule has 0 unspecified atom stereocenters. The molecule has 0 aliphatic rings.